The van der Waals surface area contributed by atoms with E-state index in [4.69, 9.17) is 11.6 Å². The molecule has 0 radical (unpaired) electrons. The average Bonchev–Trinajstić information content (AvgIpc) is 2.62. The van der Waals surface area contributed by atoms with Gasteiger partial charge >= 0.3 is 0 Å². The van der Waals surface area contributed by atoms with Crippen molar-refractivity contribution in [1.29, 1.82) is 0 Å². The Morgan fingerprint density at radius 1 is 1.33 bits per heavy atom. The summed E-state index contributed by atoms with van der Waals surface area (Å²) in [5.74, 6) is 1.18. The number of likely N-dealkylation sites (tertiary alicyclic amines) is 1. The number of nitrogens with zero attached hydrogens (tertiary/aromatic N) is 1. The highest BCUT2D eigenvalue weighted by Crippen LogP contribution is 2.30. The third kappa shape index (κ3) is 5.37. The summed E-state index contributed by atoms with van der Waals surface area (Å²) >= 11 is 5.78. The molecule has 2 nitrogen and oxygen atoms in total. The quantitative estimate of drug-likeness (QED) is 0.334. The number of hydrogen-bond acceptors (Lipinski definition) is 1. The number of unbranched alkanes of at least 4 members (excludes halogenated alkanes) is 2. The zero-order chi connectivity index (χ0) is 17.4. The molecule has 1 heterocycles. The second-order valence-electron chi connectivity index (χ2n) is 6.93. The minimum Gasteiger partial charge on any atom is -0.336 e. The molecule has 1 aromatic carbocycles. The Balaban J connectivity index is 1.84. The van der Waals surface area contributed by atoms with E-state index in [2.05, 4.69) is 37.0 Å². The van der Waals surface area contributed by atoms with Crippen LogP contribution >= 0.6 is 11.6 Å². The lowest BCUT2D eigenvalue weighted by atomic mass is 9.90. The van der Waals surface area contributed by atoms with Crippen LogP contribution in [0.5, 0.6) is 0 Å². The number of alkyl halides is 1. The Morgan fingerprint density at radius 2 is 2.08 bits per heavy atom. The maximum Gasteiger partial charge on any atom is 0.226 e. The summed E-state index contributed by atoms with van der Waals surface area (Å²) in [5, 5.41) is 0. The number of amides is 1. The van der Waals surface area contributed by atoms with E-state index in [1.54, 1.807) is 0 Å². The fraction of sp³-hybridized carbons (Fsp3) is 0.571. The summed E-state index contributed by atoms with van der Waals surface area (Å²) in [7, 11) is 0. The zero-order valence-corrected chi connectivity index (χ0v) is 15.8. The molecule has 1 fully saturated rings. The van der Waals surface area contributed by atoms with Crippen molar-refractivity contribution < 1.29 is 4.79 Å². The van der Waals surface area contributed by atoms with Gasteiger partial charge in [-0.2, -0.15) is 0 Å². The van der Waals surface area contributed by atoms with Crippen LogP contribution in [-0.4, -0.2) is 23.2 Å². The molecule has 0 spiro atoms. The molecule has 1 aliphatic heterocycles. The minimum atomic E-state index is 0.177. The van der Waals surface area contributed by atoms with E-state index in [-0.39, 0.29) is 12.0 Å². The van der Waals surface area contributed by atoms with Crippen LogP contribution in [0.2, 0.25) is 0 Å². The van der Waals surface area contributed by atoms with Gasteiger partial charge in [-0.1, -0.05) is 48.4 Å². The van der Waals surface area contributed by atoms with Gasteiger partial charge in [-0.3, -0.25) is 4.79 Å². The zero-order valence-electron chi connectivity index (χ0n) is 15.0. The lowest BCUT2D eigenvalue weighted by molar-refractivity contribution is -0.141. The van der Waals surface area contributed by atoms with Crippen LogP contribution in [0.3, 0.4) is 0 Å². The van der Waals surface area contributed by atoms with Crippen molar-refractivity contribution in [1.82, 2.24) is 4.90 Å². The largest absolute Gasteiger partial charge is 0.336 e. The first-order valence-corrected chi connectivity index (χ1v) is 9.74. The van der Waals surface area contributed by atoms with E-state index in [1.807, 2.05) is 18.2 Å². The van der Waals surface area contributed by atoms with Gasteiger partial charge in [0.05, 0.1) is 6.04 Å². The number of hydrogen-bond donors (Lipinski definition) is 0. The summed E-state index contributed by atoms with van der Waals surface area (Å²) in [6, 6.07) is 10.5. The van der Waals surface area contributed by atoms with E-state index in [0.717, 1.165) is 45.1 Å². The number of rotatable bonds is 8. The average molecular weight is 348 g/mol. The van der Waals surface area contributed by atoms with Crippen molar-refractivity contribution in [3.8, 4) is 0 Å². The molecule has 1 aliphatic rings. The van der Waals surface area contributed by atoms with E-state index in [0.29, 0.717) is 11.8 Å². The fourth-order valence-electron chi connectivity index (χ4n) is 3.48. The second kappa shape index (κ2) is 9.88. The molecule has 1 aromatic rings. The molecule has 1 amide bonds. The molecule has 0 bridgehead atoms. The van der Waals surface area contributed by atoms with Gasteiger partial charge in [0.15, 0.2) is 0 Å². The number of piperidine rings is 1. The van der Waals surface area contributed by atoms with Gasteiger partial charge in [0.1, 0.15) is 0 Å². The smallest absolute Gasteiger partial charge is 0.226 e. The molecule has 132 valence electrons. The van der Waals surface area contributed by atoms with Crippen molar-refractivity contribution in [2.45, 2.75) is 58.4 Å². The number of carbonyl (C=O) groups excluding carboxylic acids is 1. The van der Waals surface area contributed by atoms with Gasteiger partial charge in [0.25, 0.3) is 0 Å². The maximum atomic E-state index is 12.9. The summed E-state index contributed by atoms with van der Waals surface area (Å²) in [6.07, 6.45) is 8.75. The first-order chi connectivity index (χ1) is 11.6. The van der Waals surface area contributed by atoms with Crippen LogP contribution in [0.4, 0.5) is 0 Å². The van der Waals surface area contributed by atoms with Gasteiger partial charge < -0.3 is 4.90 Å². The molecule has 2 atom stereocenters. The molecule has 1 saturated heterocycles. The number of allylic oxidation sites excluding steroid dienone is 2. The SMILES string of the molecule is C/C(=C\CCCCC1CCCN([C@@H](C)c2ccccc2)C1=O)CCl. The van der Waals surface area contributed by atoms with Crippen molar-refractivity contribution >= 4 is 17.5 Å². The van der Waals surface area contributed by atoms with Crippen molar-refractivity contribution in [2.75, 3.05) is 12.4 Å². The molecular weight excluding hydrogens is 318 g/mol. The molecule has 3 heteroatoms. The Hall–Kier alpha value is -1.28. The van der Waals surface area contributed by atoms with Crippen molar-refractivity contribution in [2.24, 2.45) is 5.92 Å². The molecule has 0 aromatic heterocycles. The van der Waals surface area contributed by atoms with Gasteiger partial charge in [-0.15, -0.1) is 11.6 Å². The molecule has 0 aliphatic carbocycles. The van der Waals surface area contributed by atoms with Gasteiger partial charge in [-0.05, 0) is 51.5 Å². The van der Waals surface area contributed by atoms with E-state index < -0.39 is 0 Å². The predicted octanol–water partition coefficient (Wildman–Crippen LogP) is 5.73. The van der Waals surface area contributed by atoms with Gasteiger partial charge in [0.2, 0.25) is 5.91 Å². The minimum absolute atomic E-state index is 0.177. The third-order valence-corrected chi connectivity index (χ3v) is 5.47. The molecular formula is C21H30ClNO. The lowest BCUT2D eigenvalue weighted by Gasteiger charge is -2.37. The van der Waals surface area contributed by atoms with E-state index in [9.17, 15) is 4.79 Å². The number of halogens is 1. The second-order valence-corrected chi connectivity index (χ2v) is 7.19. The molecule has 1 unspecified atom stereocenters. The van der Waals surface area contributed by atoms with Crippen LogP contribution in [0.15, 0.2) is 42.0 Å². The fourth-order valence-corrected chi connectivity index (χ4v) is 3.59. The third-order valence-electron chi connectivity index (χ3n) is 5.04. The van der Waals surface area contributed by atoms with E-state index in [1.165, 1.54) is 11.1 Å². The highest BCUT2D eigenvalue weighted by molar-refractivity contribution is 6.19. The van der Waals surface area contributed by atoms with Crippen LogP contribution in [0.1, 0.15) is 64.0 Å². The predicted molar refractivity (Wildman–Crippen MR) is 102 cm³/mol. The Labute approximate surface area is 151 Å². The van der Waals surface area contributed by atoms with Crippen molar-refractivity contribution in [3.63, 3.8) is 0 Å². The Bertz CT molecular complexity index is 540. The van der Waals surface area contributed by atoms with Crippen LogP contribution in [-0.2, 0) is 4.79 Å². The highest BCUT2D eigenvalue weighted by atomic mass is 35.5. The Kier molecular flexibility index (Phi) is 7.84. The van der Waals surface area contributed by atoms with Crippen LogP contribution in [0.25, 0.3) is 0 Å². The molecule has 0 N–H and O–H groups in total. The summed E-state index contributed by atoms with van der Waals surface area (Å²) < 4.78 is 0. The highest BCUT2D eigenvalue weighted by Gasteiger charge is 2.31. The maximum absolute atomic E-state index is 12.9. The molecule has 24 heavy (non-hydrogen) atoms. The first kappa shape index (κ1) is 19.1. The molecule has 0 saturated carbocycles. The topological polar surface area (TPSA) is 20.3 Å². The monoisotopic (exact) mass is 347 g/mol. The first-order valence-electron chi connectivity index (χ1n) is 9.20. The standard InChI is InChI=1S/C21H30ClNO/c1-17(16-22)10-5-3-8-13-20-14-9-15-23(21(20)24)18(2)19-11-6-4-7-12-19/h4,6-7,10-12,18,20H,3,5,8-9,13-16H2,1-2H3/b17-10+/t18-,20?/m0/s1. The van der Waals surface area contributed by atoms with Gasteiger partial charge in [-0.25, -0.2) is 0 Å². The summed E-state index contributed by atoms with van der Waals surface area (Å²) in [6.45, 7) is 5.11. The normalized spacial score (nSPS) is 20.3. The molecule has 2 rings (SSSR count). The van der Waals surface area contributed by atoms with E-state index >= 15 is 0 Å². The number of benzene rings is 1. The lowest BCUT2D eigenvalue weighted by Crippen LogP contribution is -2.42. The summed E-state index contributed by atoms with van der Waals surface area (Å²) in [4.78, 5) is 14.9. The van der Waals surface area contributed by atoms with Crippen LogP contribution < -0.4 is 0 Å². The Morgan fingerprint density at radius 3 is 2.79 bits per heavy atom. The summed E-state index contributed by atoms with van der Waals surface area (Å²) in [5.41, 5.74) is 2.47. The van der Waals surface area contributed by atoms with Crippen molar-refractivity contribution in [3.05, 3.63) is 47.5 Å². The van der Waals surface area contributed by atoms with Gasteiger partial charge in [0, 0.05) is 18.3 Å². The van der Waals surface area contributed by atoms with Crippen LogP contribution in [0, 0.1) is 5.92 Å². The number of carbonyl (C=O) groups is 1.